The quantitative estimate of drug-likeness (QED) is 0.597. The molecule has 33 heavy (non-hydrogen) atoms. The number of allylic oxidation sites excluding steroid dienone is 1. The van der Waals surface area contributed by atoms with Crippen LogP contribution in [-0.4, -0.2) is 35.9 Å². The Hall–Kier alpha value is -1.49. The minimum Gasteiger partial charge on any atom is -0.469 e. The SMILES string of the molecule is COC(=O)CC[C@@H](C)[C@H]1CC[C@@]2(C)C3=C(C(=O)C[C@]12C)[C@@]1(C)CCC(=O)C(C)(C)[C@@H]1C[C@@H]3O. The van der Waals surface area contributed by atoms with Crippen LogP contribution < -0.4 is 0 Å². The second kappa shape index (κ2) is 7.76. The molecule has 4 rings (SSSR count). The Morgan fingerprint density at radius 2 is 1.82 bits per heavy atom. The number of esters is 1. The van der Waals surface area contributed by atoms with Crippen LogP contribution in [0, 0.1) is 39.4 Å². The minimum atomic E-state index is -0.680. The summed E-state index contributed by atoms with van der Waals surface area (Å²) in [5.41, 5.74) is 0.446. The monoisotopic (exact) mass is 458 g/mol. The highest BCUT2D eigenvalue weighted by molar-refractivity contribution is 6.01. The standard InChI is InChI=1S/C28H42O5/c1-16(8-9-22(32)33-7)17-10-13-27(5)24-18(29)14-20-25(2,3)21(31)11-12-26(20,4)23(24)19(30)15-28(17,27)6/h16-18,20,29H,8-15H2,1-7H3/t16-,17-,18+,20+,26+,27+,28-/m1/s1. The van der Waals surface area contributed by atoms with Crippen LogP contribution in [0.5, 0.6) is 0 Å². The number of ketones is 2. The van der Waals surface area contributed by atoms with E-state index < -0.39 is 11.5 Å². The van der Waals surface area contributed by atoms with E-state index in [-0.39, 0.29) is 39.7 Å². The molecule has 0 amide bonds. The van der Waals surface area contributed by atoms with Crippen LogP contribution in [0.2, 0.25) is 0 Å². The summed E-state index contributed by atoms with van der Waals surface area (Å²) in [4.78, 5) is 38.5. The van der Waals surface area contributed by atoms with Gasteiger partial charge in [-0.1, -0.05) is 41.5 Å². The number of rotatable bonds is 4. The van der Waals surface area contributed by atoms with E-state index in [2.05, 4.69) is 27.7 Å². The predicted molar refractivity (Wildman–Crippen MR) is 126 cm³/mol. The lowest BCUT2D eigenvalue weighted by atomic mass is 9.42. The fourth-order valence-corrected chi connectivity index (χ4v) is 8.85. The van der Waals surface area contributed by atoms with Gasteiger partial charge in [-0.2, -0.15) is 0 Å². The van der Waals surface area contributed by atoms with Gasteiger partial charge in [0, 0.05) is 35.7 Å². The fourth-order valence-electron chi connectivity index (χ4n) is 8.85. The average molecular weight is 459 g/mol. The van der Waals surface area contributed by atoms with Crippen LogP contribution in [0.4, 0.5) is 0 Å². The third-order valence-electron chi connectivity index (χ3n) is 11.0. The second-order valence-corrected chi connectivity index (χ2v) is 12.7. The Labute approximate surface area is 198 Å². The second-order valence-electron chi connectivity index (χ2n) is 12.7. The maximum absolute atomic E-state index is 14.0. The molecule has 0 radical (unpaired) electrons. The van der Waals surface area contributed by atoms with Crippen molar-refractivity contribution in [3.63, 3.8) is 0 Å². The minimum absolute atomic E-state index is 0.0203. The number of aliphatic hydroxyl groups excluding tert-OH is 1. The van der Waals surface area contributed by atoms with Crippen LogP contribution in [0.3, 0.4) is 0 Å². The van der Waals surface area contributed by atoms with Crippen LogP contribution >= 0.6 is 0 Å². The molecule has 7 atom stereocenters. The molecular formula is C28H42O5. The molecule has 0 saturated heterocycles. The summed E-state index contributed by atoms with van der Waals surface area (Å²) in [6.07, 6.45) is 4.65. The number of fused-ring (bicyclic) bond motifs is 4. The van der Waals surface area contributed by atoms with Gasteiger partial charge < -0.3 is 9.84 Å². The first-order valence-electron chi connectivity index (χ1n) is 12.8. The van der Waals surface area contributed by atoms with Crippen molar-refractivity contribution >= 4 is 17.5 Å². The van der Waals surface area contributed by atoms with E-state index in [9.17, 15) is 19.5 Å². The van der Waals surface area contributed by atoms with Crippen LogP contribution in [0.1, 0.15) is 92.9 Å². The molecule has 0 aliphatic heterocycles. The molecular weight excluding hydrogens is 416 g/mol. The molecule has 2 saturated carbocycles. The summed E-state index contributed by atoms with van der Waals surface area (Å²) in [5, 5.41) is 11.6. The van der Waals surface area contributed by atoms with Crippen molar-refractivity contribution in [1.82, 2.24) is 0 Å². The van der Waals surface area contributed by atoms with E-state index in [1.807, 2.05) is 13.8 Å². The first-order chi connectivity index (χ1) is 15.2. The highest BCUT2D eigenvalue weighted by Gasteiger charge is 2.67. The molecule has 2 fully saturated rings. The third-order valence-corrected chi connectivity index (χ3v) is 11.0. The zero-order chi connectivity index (χ0) is 24.6. The van der Waals surface area contributed by atoms with Gasteiger partial charge in [0.15, 0.2) is 5.78 Å². The number of methoxy groups -OCH3 is 1. The van der Waals surface area contributed by atoms with E-state index in [0.717, 1.165) is 30.4 Å². The molecule has 0 unspecified atom stereocenters. The maximum Gasteiger partial charge on any atom is 0.305 e. The van der Waals surface area contributed by atoms with E-state index in [4.69, 9.17) is 4.74 Å². The van der Waals surface area contributed by atoms with Gasteiger partial charge in [-0.25, -0.2) is 0 Å². The Bertz CT molecular complexity index is 915. The van der Waals surface area contributed by atoms with Crippen molar-refractivity contribution in [2.45, 2.75) is 99.0 Å². The first kappa shape index (κ1) is 24.6. The Morgan fingerprint density at radius 3 is 2.45 bits per heavy atom. The lowest BCUT2D eigenvalue weighted by molar-refractivity contribution is -0.145. The van der Waals surface area contributed by atoms with Gasteiger partial charge in [-0.05, 0) is 66.3 Å². The molecule has 0 heterocycles. The number of ether oxygens (including phenoxy) is 1. The average Bonchev–Trinajstić information content (AvgIpc) is 3.01. The van der Waals surface area contributed by atoms with Gasteiger partial charge in [-0.15, -0.1) is 0 Å². The zero-order valence-electron chi connectivity index (χ0n) is 21.5. The molecule has 4 aliphatic carbocycles. The summed E-state index contributed by atoms with van der Waals surface area (Å²) in [7, 11) is 1.42. The van der Waals surface area contributed by atoms with Gasteiger partial charge in [0.1, 0.15) is 5.78 Å². The van der Waals surface area contributed by atoms with Crippen LogP contribution in [-0.2, 0) is 19.1 Å². The summed E-state index contributed by atoms with van der Waals surface area (Å²) in [6, 6.07) is 0. The lowest BCUT2D eigenvalue weighted by Gasteiger charge is -2.61. The number of hydrogen-bond acceptors (Lipinski definition) is 5. The van der Waals surface area contributed by atoms with E-state index in [1.165, 1.54) is 7.11 Å². The fraction of sp³-hybridized carbons (Fsp3) is 0.821. The molecule has 5 heteroatoms. The van der Waals surface area contributed by atoms with Crippen molar-refractivity contribution in [3.8, 4) is 0 Å². The van der Waals surface area contributed by atoms with Gasteiger partial charge in [0.25, 0.3) is 0 Å². The highest BCUT2D eigenvalue weighted by atomic mass is 16.5. The smallest absolute Gasteiger partial charge is 0.305 e. The number of hydrogen-bond donors (Lipinski definition) is 1. The van der Waals surface area contributed by atoms with Crippen molar-refractivity contribution in [2.75, 3.05) is 7.11 Å². The third kappa shape index (κ3) is 3.24. The summed E-state index contributed by atoms with van der Waals surface area (Å²) >= 11 is 0. The van der Waals surface area contributed by atoms with Crippen LogP contribution in [0.15, 0.2) is 11.1 Å². The lowest BCUT2D eigenvalue weighted by Crippen LogP contribution is -2.59. The van der Waals surface area contributed by atoms with Gasteiger partial charge >= 0.3 is 5.97 Å². The number of carbonyl (C=O) groups excluding carboxylic acids is 3. The van der Waals surface area contributed by atoms with Gasteiger partial charge in [0.05, 0.1) is 13.2 Å². The Balaban J connectivity index is 1.76. The van der Waals surface area contributed by atoms with Gasteiger partial charge in [-0.3, -0.25) is 14.4 Å². The molecule has 0 aromatic rings. The summed E-state index contributed by atoms with van der Waals surface area (Å²) in [5.74, 6) is 0.824. The Morgan fingerprint density at radius 1 is 1.15 bits per heavy atom. The molecule has 184 valence electrons. The number of aliphatic hydroxyl groups is 1. The number of Topliss-reactive ketones (excluding diaryl/α,β-unsaturated/α-hetero) is 2. The van der Waals surface area contributed by atoms with Crippen molar-refractivity contribution in [2.24, 2.45) is 39.4 Å². The largest absolute Gasteiger partial charge is 0.469 e. The van der Waals surface area contributed by atoms with Crippen molar-refractivity contribution in [1.29, 1.82) is 0 Å². The molecule has 0 spiro atoms. The molecule has 5 nitrogen and oxygen atoms in total. The first-order valence-corrected chi connectivity index (χ1v) is 12.8. The summed E-state index contributed by atoms with van der Waals surface area (Å²) < 4.78 is 4.84. The highest BCUT2D eigenvalue weighted by Crippen LogP contribution is 2.71. The van der Waals surface area contributed by atoms with E-state index >= 15 is 0 Å². The van der Waals surface area contributed by atoms with E-state index in [1.54, 1.807) is 0 Å². The Kier molecular flexibility index (Phi) is 5.79. The molecule has 4 aliphatic rings. The normalized spacial score (nSPS) is 43.0. The summed E-state index contributed by atoms with van der Waals surface area (Å²) in [6.45, 7) is 12.9. The molecule has 0 aromatic heterocycles. The topological polar surface area (TPSA) is 80.7 Å². The van der Waals surface area contributed by atoms with Crippen molar-refractivity contribution in [3.05, 3.63) is 11.1 Å². The maximum atomic E-state index is 14.0. The van der Waals surface area contributed by atoms with E-state index in [0.29, 0.717) is 43.9 Å². The molecule has 0 bridgehead atoms. The van der Waals surface area contributed by atoms with Gasteiger partial charge in [0.2, 0.25) is 0 Å². The zero-order valence-corrected chi connectivity index (χ0v) is 21.5. The van der Waals surface area contributed by atoms with Crippen molar-refractivity contribution < 1.29 is 24.2 Å². The van der Waals surface area contributed by atoms with Crippen LogP contribution in [0.25, 0.3) is 0 Å². The molecule has 0 aromatic carbocycles. The predicted octanol–water partition coefficient (Wildman–Crippen LogP) is 5.04. The number of carbonyl (C=O) groups is 3. The molecule has 1 N–H and O–H groups in total.